The number of aromatic nitrogens is 1. The zero-order valence-corrected chi connectivity index (χ0v) is 15.3. The van der Waals surface area contributed by atoms with Gasteiger partial charge < -0.3 is 16.8 Å². The molecule has 136 valence electrons. The molecule has 1 saturated carbocycles. The summed E-state index contributed by atoms with van der Waals surface area (Å²) in [6, 6.07) is 5.94. The number of hydrogen-bond donors (Lipinski definition) is 3. The molecule has 1 spiro atoms. The van der Waals surface area contributed by atoms with Gasteiger partial charge in [-0.3, -0.25) is 9.69 Å². The number of carbonyl (C=O) groups excluding carboxylic acids is 1. The first kappa shape index (κ1) is 16.8. The number of benzene rings is 1. The highest BCUT2D eigenvalue weighted by Crippen LogP contribution is 2.40. The van der Waals surface area contributed by atoms with Gasteiger partial charge in [0.1, 0.15) is 5.66 Å². The number of rotatable bonds is 2. The summed E-state index contributed by atoms with van der Waals surface area (Å²) in [5, 5.41) is 3.32. The number of nitrogens with zero attached hydrogens (tertiary/aromatic N) is 4. The average molecular weight is 371 g/mol. The Bertz CT molecular complexity index is 926. The summed E-state index contributed by atoms with van der Waals surface area (Å²) < 4.78 is 0.991. The van der Waals surface area contributed by atoms with Crippen molar-refractivity contribution in [2.75, 3.05) is 10.2 Å². The maximum absolute atomic E-state index is 11.3. The third kappa shape index (κ3) is 2.88. The minimum atomic E-state index is -0.474. The number of aliphatic imine (C=N–C) groups is 2. The maximum atomic E-state index is 11.3. The molecule has 0 saturated heterocycles. The number of hydrogen-bond acceptors (Lipinski definition) is 8. The monoisotopic (exact) mass is 371 g/mol. The normalized spacial score (nSPS) is 19.3. The molecule has 8 nitrogen and oxygen atoms in total. The van der Waals surface area contributed by atoms with E-state index in [1.54, 1.807) is 0 Å². The quantitative estimate of drug-likeness (QED) is 0.748. The SMILES string of the molecule is CC(=O)Nc1nc2cc(N3C(N)=NC(N)=NC34CCCCC4)ccc2s1. The number of nitrogens with one attached hydrogen (secondary N) is 1. The molecule has 1 fully saturated rings. The van der Waals surface area contributed by atoms with Gasteiger partial charge in [0.25, 0.3) is 0 Å². The van der Waals surface area contributed by atoms with Gasteiger partial charge in [0, 0.05) is 12.6 Å². The van der Waals surface area contributed by atoms with Crippen LogP contribution in [-0.2, 0) is 4.79 Å². The molecule has 2 aliphatic rings. The van der Waals surface area contributed by atoms with Crippen molar-refractivity contribution in [1.29, 1.82) is 0 Å². The zero-order valence-electron chi connectivity index (χ0n) is 14.5. The lowest BCUT2D eigenvalue weighted by Gasteiger charge is -2.45. The van der Waals surface area contributed by atoms with Crippen molar-refractivity contribution < 1.29 is 4.79 Å². The smallest absolute Gasteiger partial charge is 0.223 e. The van der Waals surface area contributed by atoms with Gasteiger partial charge in [-0.15, -0.1) is 0 Å². The summed E-state index contributed by atoms with van der Waals surface area (Å²) in [7, 11) is 0. The first-order valence-electron chi connectivity index (χ1n) is 8.65. The fourth-order valence-electron chi connectivity index (χ4n) is 3.75. The molecule has 1 aromatic carbocycles. The van der Waals surface area contributed by atoms with Crippen molar-refractivity contribution in [2.45, 2.75) is 44.7 Å². The van der Waals surface area contributed by atoms with Crippen molar-refractivity contribution >= 4 is 50.2 Å². The Morgan fingerprint density at radius 3 is 2.77 bits per heavy atom. The van der Waals surface area contributed by atoms with Gasteiger partial charge in [-0.25, -0.2) is 9.98 Å². The van der Waals surface area contributed by atoms with E-state index in [0.29, 0.717) is 11.1 Å². The van der Waals surface area contributed by atoms with Crippen molar-refractivity contribution in [3.05, 3.63) is 18.2 Å². The molecule has 2 aromatic rings. The lowest BCUT2D eigenvalue weighted by Crippen LogP contribution is -2.58. The van der Waals surface area contributed by atoms with Gasteiger partial charge in [-0.05, 0) is 43.9 Å². The summed E-state index contributed by atoms with van der Waals surface area (Å²) in [5.41, 5.74) is 13.4. The Balaban J connectivity index is 1.76. The van der Waals surface area contributed by atoms with Crippen molar-refractivity contribution in [1.82, 2.24) is 4.98 Å². The average Bonchev–Trinajstić information content (AvgIpc) is 2.95. The highest BCUT2D eigenvalue weighted by Gasteiger charge is 2.42. The minimum absolute atomic E-state index is 0.136. The largest absolute Gasteiger partial charge is 0.369 e. The van der Waals surface area contributed by atoms with Crippen LogP contribution < -0.4 is 21.7 Å². The zero-order chi connectivity index (χ0) is 18.3. The predicted molar refractivity (Wildman–Crippen MR) is 105 cm³/mol. The summed E-state index contributed by atoms with van der Waals surface area (Å²) >= 11 is 1.44. The van der Waals surface area contributed by atoms with Crippen LogP contribution in [0.5, 0.6) is 0 Å². The second kappa shape index (κ2) is 6.24. The Hall–Kier alpha value is -2.68. The molecule has 0 bridgehead atoms. The molecule has 9 heteroatoms. The standard InChI is InChI=1S/C17H21N7OS/c1-10(25)20-16-21-12-9-11(5-6-13(12)26-16)24-15(19)22-14(18)23-17(24)7-3-2-4-8-17/h5-6,9H,2-4,7-8H2,1H3,(H,20,21,25)(H4,18,19,22,23). The molecule has 0 atom stereocenters. The van der Waals surface area contributed by atoms with Gasteiger partial charge in [0.2, 0.25) is 17.8 Å². The van der Waals surface area contributed by atoms with Crippen LogP contribution in [0.2, 0.25) is 0 Å². The van der Waals surface area contributed by atoms with Gasteiger partial charge in [0.15, 0.2) is 5.13 Å². The summed E-state index contributed by atoms with van der Waals surface area (Å²) in [6.45, 7) is 1.47. The molecule has 26 heavy (non-hydrogen) atoms. The van der Waals surface area contributed by atoms with Gasteiger partial charge in [-0.1, -0.05) is 17.8 Å². The van der Waals surface area contributed by atoms with Crippen molar-refractivity contribution in [2.24, 2.45) is 21.5 Å². The Kier molecular flexibility index (Phi) is 4.03. The number of anilines is 2. The van der Waals surface area contributed by atoms with Crippen LogP contribution in [0.1, 0.15) is 39.0 Å². The highest BCUT2D eigenvalue weighted by molar-refractivity contribution is 7.22. The highest BCUT2D eigenvalue weighted by atomic mass is 32.1. The van der Waals surface area contributed by atoms with Gasteiger partial charge >= 0.3 is 0 Å². The van der Waals surface area contributed by atoms with Crippen LogP contribution >= 0.6 is 11.3 Å². The van der Waals surface area contributed by atoms with Crippen LogP contribution in [-0.4, -0.2) is 28.5 Å². The number of amides is 1. The number of nitrogens with two attached hydrogens (primary N) is 2. The fourth-order valence-corrected chi connectivity index (χ4v) is 4.65. The van der Waals surface area contributed by atoms with Gasteiger partial charge in [-0.2, -0.15) is 4.99 Å². The Labute approximate surface area is 155 Å². The molecule has 5 N–H and O–H groups in total. The number of carbonyl (C=O) groups is 1. The van der Waals surface area contributed by atoms with Crippen LogP contribution in [0.3, 0.4) is 0 Å². The molecular formula is C17H21N7OS. The van der Waals surface area contributed by atoms with E-state index in [1.165, 1.54) is 24.7 Å². The number of guanidine groups is 2. The second-order valence-corrected chi connectivity index (χ2v) is 7.70. The molecule has 1 aromatic heterocycles. The third-order valence-electron chi connectivity index (χ3n) is 4.76. The molecule has 1 aliphatic heterocycles. The number of fused-ring (bicyclic) bond motifs is 1. The van der Waals surface area contributed by atoms with E-state index < -0.39 is 5.66 Å². The molecular weight excluding hydrogens is 350 g/mol. The van der Waals surface area contributed by atoms with E-state index in [0.717, 1.165) is 41.6 Å². The first-order chi connectivity index (χ1) is 12.5. The van der Waals surface area contributed by atoms with Crippen molar-refractivity contribution in [3.8, 4) is 0 Å². The first-order valence-corrected chi connectivity index (χ1v) is 9.46. The van der Waals surface area contributed by atoms with E-state index in [-0.39, 0.29) is 11.9 Å². The second-order valence-electron chi connectivity index (χ2n) is 6.67. The van der Waals surface area contributed by atoms with Gasteiger partial charge in [0.05, 0.1) is 10.2 Å². The molecule has 1 amide bonds. The lowest BCUT2D eigenvalue weighted by molar-refractivity contribution is -0.114. The number of thiazole rings is 1. The van der Waals surface area contributed by atoms with E-state index in [9.17, 15) is 4.79 Å². The predicted octanol–water partition coefficient (Wildman–Crippen LogP) is 2.36. The van der Waals surface area contributed by atoms with E-state index in [1.807, 2.05) is 23.1 Å². The van der Waals surface area contributed by atoms with E-state index in [4.69, 9.17) is 11.5 Å². The molecule has 0 unspecified atom stereocenters. The topological polar surface area (TPSA) is 122 Å². The summed E-state index contributed by atoms with van der Waals surface area (Å²) in [5.74, 6) is 0.460. The Morgan fingerprint density at radius 1 is 1.27 bits per heavy atom. The third-order valence-corrected chi connectivity index (χ3v) is 5.72. The minimum Gasteiger partial charge on any atom is -0.369 e. The maximum Gasteiger partial charge on any atom is 0.223 e. The van der Waals surface area contributed by atoms with Crippen LogP contribution in [0.4, 0.5) is 10.8 Å². The summed E-state index contributed by atoms with van der Waals surface area (Å²) in [4.78, 5) is 26.6. The van der Waals surface area contributed by atoms with E-state index >= 15 is 0 Å². The molecule has 1 aliphatic carbocycles. The lowest BCUT2D eigenvalue weighted by atomic mass is 9.87. The molecule has 0 radical (unpaired) electrons. The van der Waals surface area contributed by atoms with Crippen LogP contribution in [0.15, 0.2) is 28.2 Å². The molecule has 2 heterocycles. The Morgan fingerprint density at radius 2 is 2.04 bits per heavy atom. The van der Waals surface area contributed by atoms with Crippen LogP contribution in [0, 0.1) is 0 Å². The molecule has 4 rings (SSSR count). The van der Waals surface area contributed by atoms with Crippen LogP contribution in [0.25, 0.3) is 10.2 Å². The van der Waals surface area contributed by atoms with Crippen molar-refractivity contribution in [3.63, 3.8) is 0 Å². The summed E-state index contributed by atoms with van der Waals surface area (Å²) in [6.07, 6.45) is 5.11. The fraction of sp³-hybridized carbons (Fsp3) is 0.412. The van der Waals surface area contributed by atoms with E-state index in [2.05, 4.69) is 20.3 Å².